The molecule has 0 radical (unpaired) electrons. The number of ketones is 1. The summed E-state index contributed by atoms with van der Waals surface area (Å²) in [5.74, 6) is -0.509. The Kier molecular flexibility index (Phi) is 7.12. The molecule has 0 aromatic heterocycles. The molecule has 0 saturated carbocycles. The molecule has 0 fully saturated rings. The maximum atomic E-state index is 12.9. The molecule has 8 nitrogen and oxygen atoms in total. The zero-order valence-corrected chi connectivity index (χ0v) is 18.1. The molecular weight excluding hydrogens is 406 g/mol. The van der Waals surface area contributed by atoms with Crippen LogP contribution in [0.1, 0.15) is 48.7 Å². The van der Waals surface area contributed by atoms with Crippen LogP contribution in [-0.4, -0.2) is 31.6 Å². The summed E-state index contributed by atoms with van der Waals surface area (Å²) in [5.41, 5.74) is 3.37. The van der Waals surface area contributed by atoms with Crippen molar-refractivity contribution in [2.45, 2.75) is 44.6 Å². The summed E-state index contributed by atoms with van der Waals surface area (Å²) in [5, 5.41) is 9.28. The Bertz CT molecular complexity index is 1070. The van der Waals surface area contributed by atoms with Crippen molar-refractivity contribution in [3.8, 4) is 0 Å². The van der Waals surface area contributed by atoms with Gasteiger partial charge in [-0.3, -0.25) is 4.79 Å². The second-order valence-corrected chi connectivity index (χ2v) is 9.21. The second kappa shape index (κ2) is 9.19. The molecule has 3 N–H and O–H groups in total. The monoisotopic (exact) mass is 431 g/mol. The number of sulfonamides is 1. The van der Waals surface area contributed by atoms with Crippen LogP contribution in [0, 0.1) is 6.92 Å². The Morgan fingerprint density at radius 3 is 2.23 bits per heavy atom. The fraction of sp³-hybridized carbons (Fsp3) is 0.286. The predicted octanol–water partition coefficient (Wildman–Crippen LogP) is 3.14. The van der Waals surface area contributed by atoms with Crippen molar-refractivity contribution in [1.29, 1.82) is 0 Å². The standard InChI is InChI=1S/C21H25N3O5S/c1-14-9-11-15(12-10-14)17(23-24-20(26)29-21(2,3)4)13-18(25)16-7-5-6-8-19(16)30(22,27)28/h5-12H,13H2,1-4H3,(H,24,26)(H2,22,27,28)/b23-17+. The van der Waals surface area contributed by atoms with Gasteiger partial charge in [-0.05, 0) is 39.3 Å². The quantitative estimate of drug-likeness (QED) is 0.412. The molecule has 0 bridgehead atoms. The third-order valence-corrected chi connectivity index (χ3v) is 4.86. The Hall–Kier alpha value is -3.04. The van der Waals surface area contributed by atoms with E-state index in [-0.39, 0.29) is 22.6 Å². The third kappa shape index (κ3) is 6.78. The number of ether oxygens (including phenoxy) is 1. The van der Waals surface area contributed by atoms with Gasteiger partial charge in [-0.2, -0.15) is 5.10 Å². The lowest BCUT2D eigenvalue weighted by Gasteiger charge is -2.18. The van der Waals surface area contributed by atoms with Crippen LogP contribution in [0.15, 0.2) is 58.5 Å². The van der Waals surface area contributed by atoms with Crippen molar-refractivity contribution in [1.82, 2.24) is 5.43 Å². The van der Waals surface area contributed by atoms with Crippen LogP contribution < -0.4 is 10.6 Å². The summed E-state index contributed by atoms with van der Waals surface area (Å²) in [7, 11) is -4.08. The number of hydrazone groups is 1. The number of carbonyl (C=O) groups excluding carboxylic acids is 2. The highest BCUT2D eigenvalue weighted by molar-refractivity contribution is 7.89. The molecule has 30 heavy (non-hydrogen) atoms. The number of rotatable bonds is 6. The van der Waals surface area contributed by atoms with E-state index in [0.29, 0.717) is 5.56 Å². The Morgan fingerprint density at radius 1 is 1.07 bits per heavy atom. The van der Waals surface area contributed by atoms with Crippen molar-refractivity contribution in [3.05, 3.63) is 65.2 Å². The number of nitrogens with zero attached hydrogens (tertiary/aromatic N) is 1. The van der Waals surface area contributed by atoms with E-state index in [2.05, 4.69) is 10.5 Å². The van der Waals surface area contributed by atoms with E-state index in [1.54, 1.807) is 39.0 Å². The van der Waals surface area contributed by atoms with Gasteiger partial charge in [0, 0.05) is 5.56 Å². The largest absolute Gasteiger partial charge is 0.443 e. The maximum absolute atomic E-state index is 12.9. The van der Waals surface area contributed by atoms with Crippen molar-refractivity contribution in [2.24, 2.45) is 10.2 Å². The number of primary sulfonamides is 1. The van der Waals surface area contributed by atoms with Crippen LogP contribution in [0.4, 0.5) is 4.79 Å². The SMILES string of the molecule is Cc1ccc(/C(CC(=O)c2ccccc2S(N)(=O)=O)=N/NC(=O)OC(C)(C)C)cc1. The van der Waals surface area contributed by atoms with E-state index < -0.39 is 27.5 Å². The number of nitrogens with one attached hydrogen (secondary N) is 1. The second-order valence-electron chi connectivity index (χ2n) is 7.68. The first-order chi connectivity index (χ1) is 13.9. The minimum atomic E-state index is -4.08. The number of nitrogens with two attached hydrogens (primary N) is 1. The first kappa shape index (κ1) is 23.2. The number of carbonyl (C=O) groups is 2. The van der Waals surface area contributed by atoms with Gasteiger partial charge in [0.2, 0.25) is 10.0 Å². The lowest BCUT2D eigenvalue weighted by Crippen LogP contribution is -2.30. The molecule has 2 aromatic carbocycles. The fourth-order valence-electron chi connectivity index (χ4n) is 2.56. The highest BCUT2D eigenvalue weighted by Crippen LogP contribution is 2.18. The minimum Gasteiger partial charge on any atom is -0.443 e. The summed E-state index contributed by atoms with van der Waals surface area (Å²) in [6.45, 7) is 7.05. The zero-order valence-electron chi connectivity index (χ0n) is 17.3. The van der Waals surface area contributed by atoms with Gasteiger partial charge in [-0.15, -0.1) is 0 Å². The molecule has 9 heteroatoms. The first-order valence-electron chi connectivity index (χ1n) is 9.14. The van der Waals surface area contributed by atoms with Crippen LogP contribution in [0.25, 0.3) is 0 Å². The number of hydrogen-bond acceptors (Lipinski definition) is 6. The fourth-order valence-corrected chi connectivity index (χ4v) is 3.32. The highest BCUT2D eigenvalue weighted by Gasteiger charge is 2.21. The molecule has 2 rings (SSSR count). The molecule has 0 saturated heterocycles. The summed E-state index contributed by atoms with van der Waals surface area (Å²) in [6.07, 6.45) is -1.03. The Labute approximate surface area is 176 Å². The number of hydrogen-bond donors (Lipinski definition) is 2. The average molecular weight is 432 g/mol. The lowest BCUT2D eigenvalue weighted by molar-refractivity contribution is 0.0528. The average Bonchev–Trinajstić information content (AvgIpc) is 2.63. The minimum absolute atomic E-state index is 0.0444. The zero-order chi connectivity index (χ0) is 22.5. The molecule has 0 spiro atoms. The van der Waals surface area contributed by atoms with E-state index >= 15 is 0 Å². The van der Waals surface area contributed by atoms with Crippen LogP contribution in [0.3, 0.4) is 0 Å². The van der Waals surface area contributed by atoms with Gasteiger partial charge in [-0.25, -0.2) is 23.8 Å². The molecule has 0 aliphatic carbocycles. The molecule has 2 aromatic rings. The number of benzene rings is 2. The normalized spacial score (nSPS) is 12.4. The Morgan fingerprint density at radius 2 is 1.67 bits per heavy atom. The highest BCUT2D eigenvalue weighted by atomic mass is 32.2. The molecule has 0 unspecified atom stereocenters. The molecule has 0 atom stereocenters. The van der Waals surface area contributed by atoms with Gasteiger partial charge in [0.1, 0.15) is 5.60 Å². The smallest absolute Gasteiger partial charge is 0.428 e. The van der Waals surface area contributed by atoms with Crippen molar-refractivity contribution in [3.63, 3.8) is 0 Å². The van der Waals surface area contributed by atoms with E-state index in [0.717, 1.165) is 5.56 Å². The number of amides is 1. The summed E-state index contributed by atoms with van der Waals surface area (Å²) >= 11 is 0. The molecule has 0 heterocycles. The summed E-state index contributed by atoms with van der Waals surface area (Å²) < 4.78 is 28.8. The summed E-state index contributed by atoms with van der Waals surface area (Å²) in [4.78, 5) is 24.6. The molecule has 1 amide bonds. The van der Waals surface area contributed by atoms with Crippen molar-refractivity contribution >= 4 is 27.6 Å². The molecule has 0 aliphatic rings. The van der Waals surface area contributed by atoms with Crippen LogP contribution >= 0.6 is 0 Å². The van der Waals surface area contributed by atoms with Crippen molar-refractivity contribution < 1.29 is 22.7 Å². The first-order valence-corrected chi connectivity index (χ1v) is 10.7. The number of Topliss-reactive ketones (excluding diaryl/α,β-unsaturated/α-hetero) is 1. The van der Waals surface area contributed by atoms with E-state index in [4.69, 9.17) is 9.88 Å². The van der Waals surface area contributed by atoms with Gasteiger partial charge in [-0.1, -0.05) is 48.0 Å². The van der Waals surface area contributed by atoms with Crippen molar-refractivity contribution in [2.75, 3.05) is 0 Å². The predicted molar refractivity (Wildman–Crippen MR) is 114 cm³/mol. The van der Waals surface area contributed by atoms with Crippen LogP contribution in [0.5, 0.6) is 0 Å². The van der Waals surface area contributed by atoms with Crippen LogP contribution in [0.2, 0.25) is 0 Å². The van der Waals surface area contributed by atoms with Gasteiger partial charge in [0.05, 0.1) is 17.0 Å². The maximum Gasteiger partial charge on any atom is 0.428 e. The van der Waals surface area contributed by atoms with Crippen LogP contribution in [-0.2, 0) is 14.8 Å². The van der Waals surface area contributed by atoms with Gasteiger partial charge in [0.25, 0.3) is 0 Å². The molecule has 160 valence electrons. The van der Waals surface area contributed by atoms with Gasteiger partial charge in [0.15, 0.2) is 5.78 Å². The van der Waals surface area contributed by atoms with E-state index in [1.165, 1.54) is 18.2 Å². The lowest BCUT2D eigenvalue weighted by atomic mass is 10.00. The third-order valence-electron chi connectivity index (χ3n) is 3.89. The topological polar surface area (TPSA) is 128 Å². The molecule has 0 aliphatic heterocycles. The summed E-state index contributed by atoms with van der Waals surface area (Å²) in [6, 6.07) is 12.9. The van der Waals surface area contributed by atoms with E-state index in [9.17, 15) is 18.0 Å². The number of aryl methyl sites for hydroxylation is 1. The Balaban J connectivity index is 2.37. The molecular formula is C21H25N3O5S. The van der Waals surface area contributed by atoms with Gasteiger partial charge < -0.3 is 4.74 Å². The van der Waals surface area contributed by atoms with Gasteiger partial charge >= 0.3 is 6.09 Å². The van der Waals surface area contributed by atoms with E-state index in [1.807, 2.05) is 19.1 Å².